The van der Waals surface area contributed by atoms with Crippen LogP contribution in [0.3, 0.4) is 0 Å². The third-order valence-corrected chi connectivity index (χ3v) is 5.35. The van der Waals surface area contributed by atoms with Crippen molar-refractivity contribution in [3.05, 3.63) is 41.6 Å². The van der Waals surface area contributed by atoms with E-state index in [0.29, 0.717) is 0 Å². The van der Waals surface area contributed by atoms with Gasteiger partial charge < -0.3 is 0 Å². The van der Waals surface area contributed by atoms with Crippen LogP contribution in [-0.2, 0) is 0 Å². The van der Waals surface area contributed by atoms with E-state index in [1.807, 2.05) is 0 Å². The molecule has 0 atom stereocenters. The largest absolute Gasteiger partial charge is 0.143 e. The van der Waals surface area contributed by atoms with Gasteiger partial charge in [-0.25, -0.2) is 0 Å². The van der Waals surface area contributed by atoms with Gasteiger partial charge in [-0.1, -0.05) is 0 Å². The molecule has 0 aliphatic rings. The Morgan fingerprint density at radius 3 is 1.57 bits per heavy atom. The summed E-state index contributed by atoms with van der Waals surface area (Å²) in [6.07, 6.45) is 4.26. The Hall–Kier alpha value is 0.1000. The van der Waals surface area contributed by atoms with E-state index in [2.05, 4.69) is 66.9 Å². The highest BCUT2D eigenvalue weighted by atomic mass is 79.9. The lowest BCUT2D eigenvalue weighted by molar-refractivity contribution is 1.82. The molecule has 2 aromatic heterocycles. The molecule has 0 aromatic carbocycles. The molecular formula is C10H6Br2S2. The van der Waals surface area contributed by atoms with Crippen molar-refractivity contribution in [3.63, 3.8) is 0 Å². The van der Waals surface area contributed by atoms with Crippen LogP contribution >= 0.6 is 54.5 Å². The fourth-order valence-electron chi connectivity index (χ4n) is 1.00. The summed E-state index contributed by atoms with van der Waals surface area (Å²) in [5, 5.41) is 4.15. The van der Waals surface area contributed by atoms with Gasteiger partial charge in [0.25, 0.3) is 0 Å². The van der Waals surface area contributed by atoms with Crippen LogP contribution in [0.4, 0.5) is 0 Å². The van der Waals surface area contributed by atoms with Gasteiger partial charge in [0.2, 0.25) is 0 Å². The molecule has 2 rings (SSSR count). The topological polar surface area (TPSA) is 0 Å². The summed E-state index contributed by atoms with van der Waals surface area (Å²) in [5.74, 6) is 0. The quantitative estimate of drug-likeness (QED) is 0.671. The van der Waals surface area contributed by atoms with Crippen molar-refractivity contribution in [1.82, 2.24) is 0 Å². The Kier molecular flexibility index (Phi) is 3.60. The molecule has 0 bridgehead atoms. The lowest BCUT2D eigenvalue weighted by atomic mass is 10.4. The summed E-state index contributed by atoms with van der Waals surface area (Å²) in [6, 6.07) is 4.13. The van der Waals surface area contributed by atoms with Gasteiger partial charge in [0, 0.05) is 18.7 Å². The Morgan fingerprint density at radius 1 is 0.857 bits per heavy atom. The zero-order chi connectivity index (χ0) is 9.97. The van der Waals surface area contributed by atoms with E-state index in [4.69, 9.17) is 0 Å². The van der Waals surface area contributed by atoms with E-state index < -0.39 is 0 Å². The van der Waals surface area contributed by atoms with E-state index in [0.717, 1.165) is 8.95 Å². The summed E-state index contributed by atoms with van der Waals surface area (Å²) in [5.41, 5.74) is 0. The van der Waals surface area contributed by atoms with E-state index in [1.54, 1.807) is 22.7 Å². The molecular weight excluding hydrogens is 344 g/mol. The predicted molar refractivity (Wildman–Crippen MR) is 73.0 cm³/mol. The summed E-state index contributed by atoms with van der Waals surface area (Å²) < 4.78 is 2.32. The molecule has 0 N–H and O–H groups in total. The highest BCUT2D eigenvalue weighted by molar-refractivity contribution is 9.11. The maximum absolute atomic E-state index is 3.50. The van der Waals surface area contributed by atoms with Gasteiger partial charge in [0.1, 0.15) is 0 Å². The molecule has 2 heterocycles. The summed E-state index contributed by atoms with van der Waals surface area (Å²) in [4.78, 5) is 2.51. The number of thiophene rings is 2. The lowest BCUT2D eigenvalue weighted by Crippen LogP contribution is -1.63. The molecule has 2 aromatic rings. The average Bonchev–Trinajstić information content (AvgIpc) is 2.72. The van der Waals surface area contributed by atoms with Gasteiger partial charge in [-0.15, -0.1) is 22.7 Å². The molecule has 0 saturated carbocycles. The number of hydrogen-bond donors (Lipinski definition) is 0. The van der Waals surface area contributed by atoms with Crippen LogP contribution in [-0.4, -0.2) is 0 Å². The molecule has 0 fully saturated rings. The van der Waals surface area contributed by atoms with Gasteiger partial charge in [-0.05, 0) is 66.9 Å². The van der Waals surface area contributed by atoms with Crippen molar-refractivity contribution in [2.24, 2.45) is 0 Å². The van der Waals surface area contributed by atoms with Crippen molar-refractivity contribution in [2.75, 3.05) is 0 Å². The van der Waals surface area contributed by atoms with Crippen LogP contribution in [0.5, 0.6) is 0 Å². The fourth-order valence-corrected chi connectivity index (χ4v) is 3.80. The molecule has 0 aliphatic heterocycles. The molecule has 0 aliphatic carbocycles. The SMILES string of the molecule is Brc1ccsc1C=Cc1sccc1Br. The second-order valence-electron chi connectivity index (χ2n) is 2.60. The third-order valence-electron chi connectivity index (χ3n) is 1.68. The summed E-state index contributed by atoms with van der Waals surface area (Å²) >= 11 is 10.5. The minimum absolute atomic E-state index is 1.16. The molecule has 0 spiro atoms. The molecule has 0 saturated heterocycles. The van der Waals surface area contributed by atoms with E-state index in [-0.39, 0.29) is 0 Å². The smallest absolute Gasteiger partial charge is 0.0412 e. The first kappa shape index (κ1) is 10.6. The van der Waals surface area contributed by atoms with Crippen LogP contribution in [0.25, 0.3) is 12.2 Å². The standard InChI is InChI=1S/C10H6Br2S2/c11-7-3-5-13-9(7)1-2-10-8(12)4-6-14-10/h1-6H. The van der Waals surface area contributed by atoms with Crippen LogP contribution in [0, 0.1) is 0 Å². The first-order valence-corrected chi connectivity index (χ1v) is 7.26. The summed E-state index contributed by atoms with van der Waals surface area (Å²) in [6.45, 7) is 0. The zero-order valence-electron chi connectivity index (χ0n) is 7.04. The normalized spacial score (nSPS) is 11.3. The van der Waals surface area contributed by atoms with E-state index in [9.17, 15) is 0 Å². The average molecular weight is 350 g/mol. The molecule has 0 nitrogen and oxygen atoms in total. The fraction of sp³-hybridized carbons (Fsp3) is 0. The summed E-state index contributed by atoms with van der Waals surface area (Å²) in [7, 11) is 0. The predicted octanol–water partition coefficient (Wildman–Crippen LogP) is 5.51. The van der Waals surface area contributed by atoms with Crippen molar-refractivity contribution in [3.8, 4) is 0 Å². The van der Waals surface area contributed by atoms with Crippen LogP contribution in [0.1, 0.15) is 9.75 Å². The number of hydrogen-bond acceptors (Lipinski definition) is 2. The Balaban J connectivity index is 2.23. The van der Waals surface area contributed by atoms with E-state index in [1.165, 1.54) is 9.75 Å². The molecule has 0 amide bonds. The minimum Gasteiger partial charge on any atom is -0.143 e. The molecule has 0 radical (unpaired) electrons. The minimum atomic E-state index is 1.16. The number of halogens is 2. The third kappa shape index (κ3) is 2.37. The zero-order valence-corrected chi connectivity index (χ0v) is 11.8. The van der Waals surface area contributed by atoms with Crippen molar-refractivity contribution in [1.29, 1.82) is 0 Å². The first-order valence-electron chi connectivity index (χ1n) is 3.91. The first-order chi connectivity index (χ1) is 6.77. The Labute approximate surface area is 108 Å². The van der Waals surface area contributed by atoms with E-state index >= 15 is 0 Å². The highest BCUT2D eigenvalue weighted by Crippen LogP contribution is 2.28. The molecule has 0 unspecified atom stereocenters. The monoisotopic (exact) mass is 348 g/mol. The Bertz CT molecular complexity index is 412. The lowest BCUT2D eigenvalue weighted by Gasteiger charge is -1.88. The van der Waals surface area contributed by atoms with Gasteiger partial charge >= 0.3 is 0 Å². The van der Waals surface area contributed by atoms with Crippen LogP contribution < -0.4 is 0 Å². The van der Waals surface area contributed by atoms with Gasteiger partial charge in [-0.3, -0.25) is 0 Å². The Morgan fingerprint density at radius 2 is 1.29 bits per heavy atom. The highest BCUT2D eigenvalue weighted by Gasteiger charge is 1.98. The van der Waals surface area contributed by atoms with Gasteiger partial charge in [0.15, 0.2) is 0 Å². The van der Waals surface area contributed by atoms with Crippen LogP contribution in [0.15, 0.2) is 31.8 Å². The van der Waals surface area contributed by atoms with Crippen molar-refractivity contribution in [2.45, 2.75) is 0 Å². The van der Waals surface area contributed by atoms with Gasteiger partial charge in [0.05, 0.1) is 0 Å². The molecule has 72 valence electrons. The van der Waals surface area contributed by atoms with Gasteiger partial charge in [-0.2, -0.15) is 0 Å². The maximum atomic E-state index is 3.50. The van der Waals surface area contributed by atoms with Crippen LogP contribution in [0.2, 0.25) is 0 Å². The molecule has 4 heteroatoms. The number of rotatable bonds is 2. The second-order valence-corrected chi connectivity index (χ2v) is 6.20. The van der Waals surface area contributed by atoms with Crippen molar-refractivity contribution < 1.29 is 0 Å². The molecule has 14 heavy (non-hydrogen) atoms. The maximum Gasteiger partial charge on any atom is 0.0412 e. The van der Waals surface area contributed by atoms with Crippen molar-refractivity contribution >= 4 is 66.7 Å². The second kappa shape index (κ2) is 4.75.